The van der Waals surface area contributed by atoms with Gasteiger partial charge in [0, 0.05) is 6.54 Å². The molecule has 0 spiro atoms. The molecule has 0 unspecified atom stereocenters. The number of nitro groups is 1. The van der Waals surface area contributed by atoms with Gasteiger partial charge in [-0.3, -0.25) is 4.99 Å². The summed E-state index contributed by atoms with van der Waals surface area (Å²) < 4.78 is 0. The van der Waals surface area contributed by atoms with Crippen LogP contribution in [0.2, 0.25) is 0 Å². The van der Waals surface area contributed by atoms with Crippen molar-refractivity contribution in [3.05, 3.63) is 80.8 Å². The molecule has 0 aliphatic rings. The minimum atomic E-state index is -0.649. The van der Waals surface area contributed by atoms with Crippen molar-refractivity contribution in [1.82, 2.24) is 14.7 Å². The summed E-state index contributed by atoms with van der Waals surface area (Å²) in [5.41, 5.74) is 3.50. The van der Waals surface area contributed by atoms with Gasteiger partial charge >= 0.3 is 5.82 Å². The molecule has 2 aromatic carbocycles. The van der Waals surface area contributed by atoms with E-state index < -0.39 is 10.7 Å². The van der Waals surface area contributed by atoms with Gasteiger partial charge < -0.3 is 15.3 Å². The van der Waals surface area contributed by atoms with Crippen LogP contribution < -0.4 is 5.49 Å². The Morgan fingerprint density at radius 3 is 2.54 bits per heavy atom. The summed E-state index contributed by atoms with van der Waals surface area (Å²) in [6, 6.07) is 15.1. The van der Waals surface area contributed by atoms with Crippen LogP contribution in [0.25, 0.3) is 5.69 Å². The van der Waals surface area contributed by atoms with Gasteiger partial charge in [0.05, 0.1) is 5.10 Å². The SMILES string of the molecule is Cc1ccc(CCN=c2c([N+](=O)[O-])nn(-c3cccc(C)c3)n2O)cc1. The van der Waals surface area contributed by atoms with E-state index in [2.05, 4.69) is 10.1 Å². The van der Waals surface area contributed by atoms with E-state index >= 15 is 0 Å². The van der Waals surface area contributed by atoms with Gasteiger partial charge in [0.25, 0.3) is 5.49 Å². The number of nitrogens with zero attached hydrogens (tertiary/aromatic N) is 5. The average molecular weight is 353 g/mol. The van der Waals surface area contributed by atoms with Crippen molar-refractivity contribution in [2.75, 3.05) is 6.54 Å². The predicted molar refractivity (Wildman–Crippen MR) is 95.4 cm³/mol. The van der Waals surface area contributed by atoms with E-state index in [-0.39, 0.29) is 5.49 Å². The van der Waals surface area contributed by atoms with E-state index in [0.29, 0.717) is 23.5 Å². The lowest BCUT2D eigenvalue weighted by Crippen LogP contribution is -2.23. The van der Waals surface area contributed by atoms with Crippen LogP contribution >= 0.6 is 0 Å². The third kappa shape index (κ3) is 3.64. The number of aryl methyl sites for hydroxylation is 2. The largest absolute Gasteiger partial charge is 0.438 e. The summed E-state index contributed by atoms with van der Waals surface area (Å²) in [5.74, 6) is -0.488. The minimum absolute atomic E-state index is 0.177. The zero-order chi connectivity index (χ0) is 18.7. The lowest BCUT2D eigenvalue weighted by Gasteiger charge is -2.01. The smallest absolute Gasteiger partial charge is 0.409 e. The highest BCUT2D eigenvalue weighted by atomic mass is 16.6. The number of rotatable bonds is 5. The van der Waals surface area contributed by atoms with Gasteiger partial charge in [0.1, 0.15) is 5.69 Å². The molecule has 0 radical (unpaired) electrons. The molecule has 0 saturated carbocycles. The van der Waals surface area contributed by atoms with Crippen LogP contribution in [0.4, 0.5) is 5.82 Å². The number of benzene rings is 2. The molecular weight excluding hydrogens is 334 g/mol. The molecule has 0 amide bonds. The van der Waals surface area contributed by atoms with Gasteiger partial charge in [-0.2, -0.15) is 0 Å². The molecule has 26 heavy (non-hydrogen) atoms. The van der Waals surface area contributed by atoms with Gasteiger partial charge in [-0.25, -0.2) is 0 Å². The van der Waals surface area contributed by atoms with Crippen molar-refractivity contribution in [1.29, 1.82) is 0 Å². The van der Waals surface area contributed by atoms with Gasteiger partial charge in [-0.15, -0.1) is 0 Å². The van der Waals surface area contributed by atoms with E-state index in [4.69, 9.17) is 0 Å². The van der Waals surface area contributed by atoms with Gasteiger partial charge in [0.2, 0.25) is 0 Å². The third-order valence-electron chi connectivity index (χ3n) is 3.95. The fourth-order valence-corrected chi connectivity index (χ4v) is 2.57. The molecule has 1 heterocycles. The normalized spacial score (nSPS) is 11.7. The van der Waals surface area contributed by atoms with Crippen LogP contribution in [0, 0.1) is 24.0 Å². The van der Waals surface area contributed by atoms with Crippen LogP contribution in [0.15, 0.2) is 53.5 Å². The Morgan fingerprint density at radius 1 is 1.15 bits per heavy atom. The number of hydrogen-bond acceptors (Lipinski definition) is 5. The van der Waals surface area contributed by atoms with E-state index in [1.165, 1.54) is 0 Å². The zero-order valence-electron chi connectivity index (χ0n) is 14.5. The molecule has 3 aromatic rings. The molecule has 8 heteroatoms. The number of aromatic nitrogens is 3. The Kier molecular flexibility index (Phi) is 4.83. The first-order valence-corrected chi connectivity index (χ1v) is 8.15. The topological polar surface area (TPSA) is 98.5 Å². The molecule has 0 atom stereocenters. The molecule has 0 aliphatic heterocycles. The quantitative estimate of drug-likeness (QED) is 0.433. The highest BCUT2D eigenvalue weighted by molar-refractivity contribution is 5.34. The third-order valence-corrected chi connectivity index (χ3v) is 3.95. The predicted octanol–water partition coefficient (Wildman–Crippen LogP) is 2.58. The first-order valence-electron chi connectivity index (χ1n) is 8.15. The van der Waals surface area contributed by atoms with Crippen molar-refractivity contribution >= 4 is 5.82 Å². The molecular formula is C18H19N5O3. The van der Waals surface area contributed by atoms with Gasteiger partial charge in [0.15, 0.2) is 0 Å². The molecule has 0 fully saturated rings. The number of hydrogen-bond donors (Lipinski definition) is 1. The Morgan fingerprint density at radius 2 is 1.88 bits per heavy atom. The lowest BCUT2D eigenvalue weighted by molar-refractivity contribution is -0.391. The molecule has 0 bridgehead atoms. The van der Waals surface area contributed by atoms with E-state index in [9.17, 15) is 15.3 Å². The van der Waals surface area contributed by atoms with Crippen LogP contribution in [0.1, 0.15) is 16.7 Å². The Hall–Kier alpha value is -3.42. The molecule has 1 aromatic heterocycles. The molecule has 8 nitrogen and oxygen atoms in total. The summed E-state index contributed by atoms with van der Waals surface area (Å²) in [6.07, 6.45) is 0.604. The summed E-state index contributed by atoms with van der Waals surface area (Å²) in [4.78, 5) is 16.5. The second kappa shape index (κ2) is 7.22. The van der Waals surface area contributed by atoms with E-state index in [1.807, 2.05) is 44.2 Å². The summed E-state index contributed by atoms with van der Waals surface area (Å²) in [6.45, 7) is 4.19. The molecule has 0 aliphatic carbocycles. The van der Waals surface area contributed by atoms with Crippen molar-refractivity contribution in [2.45, 2.75) is 20.3 Å². The Labute approximate surface area is 149 Å². The van der Waals surface area contributed by atoms with Crippen molar-refractivity contribution in [3.63, 3.8) is 0 Å². The maximum absolute atomic E-state index is 11.3. The lowest BCUT2D eigenvalue weighted by atomic mass is 10.1. The molecule has 134 valence electrons. The van der Waals surface area contributed by atoms with Gasteiger partial charge in [-0.05, 0) is 53.2 Å². The Bertz CT molecular complexity index is 1000. The summed E-state index contributed by atoms with van der Waals surface area (Å²) in [5, 5.41) is 25.6. The second-order valence-electron chi connectivity index (χ2n) is 6.04. The summed E-state index contributed by atoms with van der Waals surface area (Å²) >= 11 is 0. The van der Waals surface area contributed by atoms with Gasteiger partial charge in [-0.1, -0.05) is 46.8 Å². The first kappa shape index (κ1) is 17.4. The maximum atomic E-state index is 11.3. The first-order chi connectivity index (χ1) is 12.5. The van der Waals surface area contributed by atoms with Crippen molar-refractivity contribution in [3.8, 4) is 5.69 Å². The van der Waals surface area contributed by atoms with Crippen LogP contribution in [0.3, 0.4) is 0 Å². The highest BCUT2D eigenvalue weighted by Gasteiger charge is 2.23. The monoisotopic (exact) mass is 353 g/mol. The molecule has 0 saturated heterocycles. The Balaban J connectivity index is 1.95. The average Bonchev–Trinajstić information content (AvgIpc) is 2.94. The standard InChI is InChI=1S/C18H19N5O3/c1-13-6-8-15(9-7-13)10-11-19-17-18(23(25)26)20-21(22(17)24)16-5-3-4-14(2)12-16/h3-9,12,24H,10-11H2,1-2H3. The van der Waals surface area contributed by atoms with Crippen molar-refractivity contribution in [2.24, 2.45) is 4.99 Å². The summed E-state index contributed by atoms with van der Waals surface area (Å²) in [7, 11) is 0. The highest BCUT2D eigenvalue weighted by Crippen LogP contribution is 2.10. The van der Waals surface area contributed by atoms with Crippen molar-refractivity contribution < 1.29 is 10.1 Å². The van der Waals surface area contributed by atoms with E-state index in [0.717, 1.165) is 21.5 Å². The fraction of sp³-hybridized carbons (Fsp3) is 0.222. The zero-order valence-corrected chi connectivity index (χ0v) is 14.5. The molecule has 3 rings (SSSR count). The maximum Gasteiger partial charge on any atom is 0.438 e. The van der Waals surface area contributed by atoms with Crippen LogP contribution in [0.5, 0.6) is 0 Å². The molecule has 1 N–H and O–H groups in total. The van der Waals surface area contributed by atoms with Crippen LogP contribution in [-0.4, -0.2) is 31.4 Å². The fourth-order valence-electron chi connectivity index (χ4n) is 2.57. The minimum Gasteiger partial charge on any atom is -0.409 e. The van der Waals surface area contributed by atoms with Crippen LogP contribution in [-0.2, 0) is 6.42 Å². The van der Waals surface area contributed by atoms with E-state index in [1.54, 1.807) is 18.2 Å². The second-order valence-corrected chi connectivity index (χ2v) is 6.04.